The third-order valence-corrected chi connectivity index (χ3v) is 9.78. The predicted molar refractivity (Wildman–Crippen MR) is 181 cm³/mol. The van der Waals surface area contributed by atoms with Crippen molar-refractivity contribution in [3.8, 4) is 0 Å². The van der Waals surface area contributed by atoms with Crippen molar-refractivity contribution in [2.45, 2.75) is 123 Å². The van der Waals surface area contributed by atoms with Crippen molar-refractivity contribution in [1.29, 1.82) is 0 Å². The van der Waals surface area contributed by atoms with Crippen LogP contribution in [0.1, 0.15) is 127 Å². The van der Waals surface area contributed by atoms with E-state index in [-0.39, 0.29) is 4.90 Å². The SMILES string of the molecule is CCCCCCCC[N+](CC)(CC)CCCCCCCC.Cc1ccc(C2=NC(=O)NC2c2ccc(S(=O)(=O)[O-])cc2)cc1. The molecule has 2 aromatic carbocycles. The molecule has 3 rings (SSSR count). The molecule has 0 saturated heterocycles. The van der Waals surface area contributed by atoms with Crippen molar-refractivity contribution in [1.82, 2.24) is 5.32 Å². The highest BCUT2D eigenvalue weighted by atomic mass is 32.2. The molecule has 2 amide bonds. The first-order valence-corrected chi connectivity index (χ1v) is 18.4. The van der Waals surface area contributed by atoms with Crippen LogP contribution < -0.4 is 5.32 Å². The molecular weight excluding hydrogens is 570 g/mol. The highest BCUT2D eigenvalue weighted by molar-refractivity contribution is 7.85. The molecule has 1 atom stereocenters. The van der Waals surface area contributed by atoms with Crippen LogP contribution in [0.5, 0.6) is 0 Å². The molecule has 0 aliphatic carbocycles. The number of aliphatic imine (C=N–C) groups is 1. The molecule has 1 N–H and O–H groups in total. The van der Waals surface area contributed by atoms with Gasteiger partial charge in [-0.15, -0.1) is 0 Å². The molecule has 1 aliphatic heterocycles. The third-order valence-electron chi connectivity index (χ3n) is 8.93. The van der Waals surface area contributed by atoms with Gasteiger partial charge in [0.25, 0.3) is 0 Å². The number of carbonyl (C=O) groups excluding carboxylic acids is 1. The molecule has 0 saturated carbocycles. The number of rotatable bonds is 19. The molecule has 0 bridgehead atoms. The van der Waals surface area contributed by atoms with Gasteiger partial charge in [0.15, 0.2) is 0 Å². The van der Waals surface area contributed by atoms with E-state index in [9.17, 15) is 17.8 Å². The highest BCUT2D eigenvalue weighted by Crippen LogP contribution is 2.25. The number of nitrogens with zero attached hydrogens (tertiary/aromatic N) is 2. The third kappa shape index (κ3) is 12.8. The van der Waals surface area contributed by atoms with Crippen molar-refractivity contribution in [2.24, 2.45) is 4.99 Å². The molecule has 8 heteroatoms. The van der Waals surface area contributed by atoms with E-state index in [4.69, 9.17) is 0 Å². The second kappa shape index (κ2) is 19.8. The van der Waals surface area contributed by atoms with E-state index in [1.54, 1.807) is 0 Å². The van der Waals surface area contributed by atoms with Gasteiger partial charge in [-0.2, -0.15) is 4.99 Å². The van der Waals surface area contributed by atoms with Gasteiger partial charge in [-0.1, -0.05) is 107 Å². The predicted octanol–water partition coefficient (Wildman–Crippen LogP) is 8.72. The minimum absolute atomic E-state index is 0.306. The summed E-state index contributed by atoms with van der Waals surface area (Å²) in [5, 5.41) is 2.72. The van der Waals surface area contributed by atoms with Crippen molar-refractivity contribution >= 4 is 21.9 Å². The molecule has 0 aromatic heterocycles. The fourth-order valence-corrected chi connectivity index (χ4v) is 6.31. The standard InChI is InChI=1S/C20H44N.C16H14N2O4S/c1-5-9-11-13-15-17-19-21(7-3,8-4)20-18-16-14-12-10-6-2;1-10-2-4-11(5-3-10)14-15(18-16(19)17-14)12-6-8-13(9-7-12)23(20,21)22/h5-20H2,1-4H3;2-9,15H,1H3,(H,18,19)(H,20,21,22)/q+1;/p-1. The highest BCUT2D eigenvalue weighted by Gasteiger charge is 2.28. The van der Waals surface area contributed by atoms with E-state index >= 15 is 0 Å². The second-order valence-corrected chi connectivity index (χ2v) is 13.6. The summed E-state index contributed by atoms with van der Waals surface area (Å²) < 4.78 is 34.3. The Bertz CT molecular complexity index is 1220. The fraction of sp³-hybridized carbons (Fsp3) is 0.611. The lowest BCUT2D eigenvalue weighted by atomic mass is 9.97. The molecule has 44 heavy (non-hydrogen) atoms. The van der Waals surface area contributed by atoms with Gasteiger partial charge < -0.3 is 14.4 Å². The summed E-state index contributed by atoms with van der Waals surface area (Å²) >= 11 is 0. The van der Waals surface area contributed by atoms with Crippen LogP contribution in [0.3, 0.4) is 0 Å². The summed E-state index contributed by atoms with van der Waals surface area (Å²) in [6.07, 6.45) is 17.2. The van der Waals surface area contributed by atoms with Gasteiger partial charge in [-0.3, -0.25) is 0 Å². The van der Waals surface area contributed by atoms with Crippen molar-refractivity contribution in [3.63, 3.8) is 0 Å². The molecular formula is C36H57N3O4S. The van der Waals surface area contributed by atoms with Crippen LogP contribution in [-0.4, -0.2) is 55.4 Å². The number of amides is 2. The Labute approximate surface area is 267 Å². The van der Waals surface area contributed by atoms with Crippen LogP contribution in [0.25, 0.3) is 0 Å². The Balaban J connectivity index is 0.000000309. The Hall–Kier alpha value is -2.55. The van der Waals surface area contributed by atoms with Gasteiger partial charge in [0.2, 0.25) is 0 Å². The van der Waals surface area contributed by atoms with Crippen LogP contribution in [0.4, 0.5) is 4.79 Å². The maximum atomic E-state index is 11.7. The maximum absolute atomic E-state index is 11.7. The first kappa shape index (κ1) is 37.6. The van der Waals surface area contributed by atoms with Crippen molar-refractivity contribution in [2.75, 3.05) is 26.2 Å². The fourth-order valence-electron chi connectivity index (χ4n) is 5.84. The van der Waals surface area contributed by atoms with Crippen LogP contribution >= 0.6 is 0 Å². The first-order valence-electron chi connectivity index (χ1n) is 17.0. The molecule has 1 heterocycles. The molecule has 0 fully saturated rings. The minimum Gasteiger partial charge on any atom is -0.744 e. The number of unbranched alkanes of at least 4 members (excludes halogenated alkanes) is 10. The van der Waals surface area contributed by atoms with Crippen LogP contribution in [0.2, 0.25) is 0 Å². The summed E-state index contributed by atoms with van der Waals surface area (Å²) in [6.45, 7) is 16.9. The number of nitrogens with one attached hydrogen (secondary N) is 1. The zero-order chi connectivity index (χ0) is 32.4. The van der Waals surface area contributed by atoms with Gasteiger partial charge >= 0.3 is 6.03 Å². The van der Waals surface area contributed by atoms with Crippen molar-refractivity contribution < 1.29 is 22.2 Å². The van der Waals surface area contributed by atoms with Crippen molar-refractivity contribution in [3.05, 3.63) is 65.2 Å². The lowest BCUT2D eigenvalue weighted by Crippen LogP contribution is -2.49. The van der Waals surface area contributed by atoms with Gasteiger partial charge in [-0.05, 0) is 69.7 Å². The number of carbonyl (C=O) groups is 1. The smallest absolute Gasteiger partial charge is 0.342 e. The molecule has 2 aromatic rings. The van der Waals surface area contributed by atoms with Crippen LogP contribution in [0.15, 0.2) is 58.4 Å². The number of quaternary nitrogens is 1. The average Bonchev–Trinajstić information content (AvgIpc) is 3.41. The Kier molecular flexibility index (Phi) is 16.9. The number of benzene rings is 2. The van der Waals surface area contributed by atoms with E-state index < -0.39 is 22.2 Å². The van der Waals surface area contributed by atoms with E-state index in [0.29, 0.717) is 11.3 Å². The summed E-state index contributed by atoms with van der Waals surface area (Å²) in [6, 6.07) is 12.1. The molecule has 1 unspecified atom stereocenters. The molecule has 246 valence electrons. The van der Waals surface area contributed by atoms with Crippen LogP contribution in [0, 0.1) is 6.92 Å². The average molecular weight is 628 g/mol. The number of aryl methyl sites for hydroxylation is 1. The normalized spacial score (nSPS) is 15.0. The lowest BCUT2D eigenvalue weighted by Gasteiger charge is -2.37. The Morgan fingerprint density at radius 2 is 1.20 bits per heavy atom. The molecule has 0 radical (unpaired) electrons. The van der Waals surface area contributed by atoms with Gasteiger partial charge in [0.1, 0.15) is 10.1 Å². The van der Waals surface area contributed by atoms with E-state index in [0.717, 1.165) is 11.1 Å². The summed E-state index contributed by atoms with van der Waals surface area (Å²) in [5.41, 5.74) is 3.11. The van der Waals surface area contributed by atoms with Gasteiger partial charge in [-0.25, -0.2) is 13.2 Å². The Morgan fingerprint density at radius 1 is 0.727 bits per heavy atom. The lowest BCUT2D eigenvalue weighted by molar-refractivity contribution is -0.925. The van der Waals surface area contributed by atoms with E-state index in [1.807, 2.05) is 31.2 Å². The second-order valence-electron chi connectivity index (χ2n) is 12.2. The quantitative estimate of drug-likeness (QED) is 0.0957. The first-order chi connectivity index (χ1) is 21.1. The topological polar surface area (TPSA) is 98.7 Å². The van der Waals surface area contributed by atoms with Gasteiger partial charge in [0, 0.05) is 0 Å². The molecule has 1 aliphatic rings. The number of hydrogen-bond acceptors (Lipinski definition) is 4. The molecule has 0 spiro atoms. The monoisotopic (exact) mass is 627 g/mol. The Morgan fingerprint density at radius 3 is 1.66 bits per heavy atom. The van der Waals surface area contributed by atoms with Crippen LogP contribution in [-0.2, 0) is 10.1 Å². The van der Waals surface area contributed by atoms with E-state index in [1.165, 1.54) is 132 Å². The maximum Gasteiger partial charge on any atom is 0.342 e. The van der Waals surface area contributed by atoms with Gasteiger partial charge in [0.05, 0.1) is 42.8 Å². The number of hydrogen-bond donors (Lipinski definition) is 1. The zero-order valence-corrected chi connectivity index (χ0v) is 28.8. The number of urea groups is 1. The summed E-state index contributed by atoms with van der Waals surface area (Å²) in [4.78, 5) is 15.4. The summed E-state index contributed by atoms with van der Waals surface area (Å²) in [5.74, 6) is 0. The summed E-state index contributed by atoms with van der Waals surface area (Å²) in [7, 11) is -4.49. The van der Waals surface area contributed by atoms with E-state index in [2.05, 4.69) is 38.0 Å². The minimum atomic E-state index is -4.49. The molecule has 7 nitrogen and oxygen atoms in total. The largest absolute Gasteiger partial charge is 0.744 e. The zero-order valence-electron chi connectivity index (χ0n) is 27.9.